The molecule has 2 aliphatic heterocycles. The van der Waals surface area contributed by atoms with E-state index < -0.39 is 0 Å². The molecular weight excluding hydrogens is 411 g/mol. The van der Waals surface area contributed by atoms with E-state index in [-0.39, 0.29) is 23.5 Å². The van der Waals surface area contributed by atoms with Crippen LogP contribution in [0.15, 0.2) is 42.6 Å². The minimum Gasteiger partial charge on any atom is -0.378 e. The first-order valence-electron chi connectivity index (χ1n) is 10.9. The average Bonchev–Trinajstić information content (AvgIpc) is 3.44. The van der Waals surface area contributed by atoms with E-state index in [2.05, 4.69) is 4.98 Å². The largest absolute Gasteiger partial charge is 0.378 e. The summed E-state index contributed by atoms with van der Waals surface area (Å²) >= 11 is 0. The van der Waals surface area contributed by atoms with E-state index in [9.17, 15) is 14.0 Å². The summed E-state index contributed by atoms with van der Waals surface area (Å²) in [4.78, 5) is 34.5. The lowest BCUT2D eigenvalue weighted by Gasteiger charge is -2.28. The number of fused-ring (bicyclic) bond motifs is 1. The van der Waals surface area contributed by atoms with Gasteiger partial charge in [0.25, 0.3) is 11.8 Å². The number of benzene rings is 1. The Balaban J connectivity index is 1.37. The molecule has 0 aliphatic carbocycles. The van der Waals surface area contributed by atoms with Gasteiger partial charge in [-0.25, -0.2) is 4.39 Å². The topological polar surface area (TPSA) is 67.7 Å². The highest BCUT2D eigenvalue weighted by molar-refractivity contribution is 5.99. The third kappa shape index (κ3) is 3.64. The second-order valence-electron chi connectivity index (χ2n) is 8.37. The number of pyridine rings is 1. The molecule has 7 nitrogen and oxygen atoms in total. The number of halogens is 1. The number of nitrogens with zero attached hydrogens (tertiary/aromatic N) is 4. The summed E-state index contributed by atoms with van der Waals surface area (Å²) in [5.41, 5.74) is 2.69. The van der Waals surface area contributed by atoms with E-state index in [0.717, 1.165) is 17.6 Å². The van der Waals surface area contributed by atoms with Crippen molar-refractivity contribution < 1.29 is 18.7 Å². The summed E-state index contributed by atoms with van der Waals surface area (Å²) in [7, 11) is 1.82. The second kappa shape index (κ2) is 8.35. The molecule has 2 amide bonds. The van der Waals surface area contributed by atoms with Crippen LogP contribution in [0.25, 0.3) is 10.9 Å². The summed E-state index contributed by atoms with van der Waals surface area (Å²) < 4.78 is 20.8. The van der Waals surface area contributed by atoms with Gasteiger partial charge >= 0.3 is 0 Å². The molecule has 2 aliphatic rings. The van der Waals surface area contributed by atoms with E-state index in [1.807, 2.05) is 13.1 Å². The van der Waals surface area contributed by atoms with Gasteiger partial charge in [-0.05, 0) is 42.8 Å². The number of aromatic nitrogens is 2. The minimum atomic E-state index is -0.323. The van der Waals surface area contributed by atoms with Gasteiger partial charge in [-0.3, -0.25) is 14.6 Å². The van der Waals surface area contributed by atoms with Crippen LogP contribution in [-0.2, 0) is 11.8 Å². The Hall–Kier alpha value is -3.26. The summed E-state index contributed by atoms with van der Waals surface area (Å²) in [5, 5.41) is 0.703. The zero-order valence-corrected chi connectivity index (χ0v) is 18.0. The lowest BCUT2D eigenvalue weighted by atomic mass is 9.98. The molecule has 0 unspecified atom stereocenters. The SMILES string of the molecule is Cn1c(C(=O)N2CC[C@@H](c3ncccc3C(=O)N3CCOCC3)C2)cc2cc(F)ccc21. The van der Waals surface area contributed by atoms with Crippen molar-refractivity contribution in [2.24, 2.45) is 7.05 Å². The van der Waals surface area contributed by atoms with Gasteiger partial charge in [-0.15, -0.1) is 0 Å². The number of hydrogen-bond acceptors (Lipinski definition) is 4. The molecule has 4 heterocycles. The smallest absolute Gasteiger partial charge is 0.270 e. The minimum absolute atomic E-state index is 0.00716. The molecule has 8 heteroatoms. The van der Waals surface area contributed by atoms with Gasteiger partial charge in [0.2, 0.25) is 0 Å². The van der Waals surface area contributed by atoms with Crippen LogP contribution in [0.3, 0.4) is 0 Å². The maximum atomic E-state index is 13.6. The van der Waals surface area contributed by atoms with Crippen molar-refractivity contribution in [1.82, 2.24) is 19.4 Å². The Bertz CT molecular complexity index is 1190. The first kappa shape index (κ1) is 20.6. The maximum absolute atomic E-state index is 13.6. The Morgan fingerprint density at radius 3 is 2.69 bits per heavy atom. The Morgan fingerprint density at radius 1 is 1.06 bits per heavy atom. The number of ether oxygens (including phenoxy) is 1. The molecule has 2 saturated heterocycles. The molecule has 32 heavy (non-hydrogen) atoms. The van der Waals surface area contributed by atoms with Crippen LogP contribution in [0.2, 0.25) is 0 Å². The van der Waals surface area contributed by atoms with Gasteiger partial charge in [-0.1, -0.05) is 0 Å². The van der Waals surface area contributed by atoms with Gasteiger partial charge in [0.1, 0.15) is 11.5 Å². The molecule has 0 spiro atoms. The fourth-order valence-corrected chi connectivity index (χ4v) is 4.72. The van der Waals surface area contributed by atoms with E-state index in [4.69, 9.17) is 4.74 Å². The molecular formula is C24H25FN4O3. The molecule has 2 fully saturated rings. The number of rotatable bonds is 3. The molecule has 1 aromatic carbocycles. The molecule has 0 radical (unpaired) electrons. The van der Waals surface area contributed by atoms with Crippen LogP contribution in [-0.4, -0.2) is 70.6 Å². The highest BCUT2D eigenvalue weighted by Gasteiger charge is 2.33. The number of carbonyl (C=O) groups is 2. The molecule has 0 bridgehead atoms. The van der Waals surface area contributed by atoms with Gasteiger partial charge < -0.3 is 19.1 Å². The van der Waals surface area contributed by atoms with E-state index in [1.165, 1.54) is 12.1 Å². The summed E-state index contributed by atoms with van der Waals surface area (Å²) in [6.07, 6.45) is 2.44. The van der Waals surface area contributed by atoms with Gasteiger partial charge in [0.05, 0.1) is 24.5 Å². The van der Waals surface area contributed by atoms with Gasteiger partial charge in [-0.2, -0.15) is 0 Å². The van der Waals surface area contributed by atoms with Crippen molar-refractivity contribution in [3.8, 4) is 0 Å². The lowest BCUT2D eigenvalue weighted by molar-refractivity contribution is 0.0301. The number of amides is 2. The number of hydrogen-bond donors (Lipinski definition) is 0. The third-order valence-corrected chi connectivity index (χ3v) is 6.45. The zero-order valence-electron chi connectivity index (χ0n) is 18.0. The number of morpholine rings is 1. The predicted molar refractivity (Wildman–Crippen MR) is 117 cm³/mol. The first-order chi connectivity index (χ1) is 15.5. The molecule has 5 rings (SSSR count). The van der Waals surface area contributed by atoms with Gasteiger partial charge in [0, 0.05) is 56.2 Å². The summed E-state index contributed by atoms with van der Waals surface area (Å²) in [6.45, 7) is 3.31. The monoisotopic (exact) mass is 436 g/mol. The second-order valence-corrected chi connectivity index (χ2v) is 8.37. The zero-order chi connectivity index (χ0) is 22.2. The Labute approximate surface area is 185 Å². The first-order valence-corrected chi connectivity index (χ1v) is 10.9. The van der Waals surface area contributed by atoms with E-state index in [1.54, 1.807) is 38.8 Å². The average molecular weight is 436 g/mol. The predicted octanol–water partition coefficient (Wildman–Crippen LogP) is 2.81. The van der Waals surface area contributed by atoms with Crippen molar-refractivity contribution in [3.05, 3.63) is 65.4 Å². The summed E-state index contributed by atoms with van der Waals surface area (Å²) in [6, 6.07) is 9.87. The van der Waals surface area contributed by atoms with Crippen molar-refractivity contribution >= 4 is 22.7 Å². The quantitative estimate of drug-likeness (QED) is 0.633. The van der Waals surface area contributed by atoms with Crippen LogP contribution in [0, 0.1) is 5.82 Å². The fourth-order valence-electron chi connectivity index (χ4n) is 4.72. The highest BCUT2D eigenvalue weighted by atomic mass is 19.1. The third-order valence-electron chi connectivity index (χ3n) is 6.45. The Kier molecular flexibility index (Phi) is 5.38. The number of carbonyl (C=O) groups excluding carboxylic acids is 2. The lowest BCUT2D eigenvalue weighted by Crippen LogP contribution is -2.41. The molecule has 0 N–H and O–H groups in total. The van der Waals surface area contributed by atoms with Crippen molar-refractivity contribution in [1.29, 1.82) is 0 Å². The van der Waals surface area contributed by atoms with Crippen molar-refractivity contribution in [2.45, 2.75) is 12.3 Å². The van der Waals surface area contributed by atoms with Crippen LogP contribution < -0.4 is 0 Å². The molecule has 0 saturated carbocycles. The number of aryl methyl sites for hydroxylation is 1. The normalized spacial score (nSPS) is 19.0. The highest BCUT2D eigenvalue weighted by Crippen LogP contribution is 2.30. The van der Waals surface area contributed by atoms with Crippen LogP contribution >= 0.6 is 0 Å². The molecule has 3 aromatic rings. The van der Waals surface area contributed by atoms with Crippen molar-refractivity contribution in [2.75, 3.05) is 39.4 Å². The Morgan fingerprint density at radius 2 is 1.88 bits per heavy atom. The molecule has 166 valence electrons. The van der Waals surface area contributed by atoms with Gasteiger partial charge in [0.15, 0.2) is 0 Å². The van der Waals surface area contributed by atoms with E-state index >= 15 is 0 Å². The van der Waals surface area contributed by atoms with Crippen LogP contribution in [0.1, 0.15) is 38.9 Å². The number of likely N-dealkylation sites (tertiary alicyclic amines) is 1. The van der Waals surface area contributed by atoms with Crippen LogP contribution in [0.4, 0.5) is 4.39 Å². The fraction of sp³-hybridized carbons (Fsp3) is 0.375. The van der Waals surface area contributed by atoms with Crippen LogP contribution in [0.5, 0.6) is 0 Å². The molecule has 1 atom stereocenters. The standard InChI is InChI=1S/C24H25FN4O3/c1-27-20-5-4-18(25)13-17(20)14-21(27)24(31)29-8-6-16(15-29)22-19(3-2-7-26-22)23(30)28-9-11-32-12-10-28/h2-5,7,13-14,16H,6,8-12,15H2,1H3/t16-/m1/s1. The molecule has 2 aromatic heterocycles. The summed E-state index contributed by atoms with van der Waals surface area (Å²) in [5.74, 6) is -0.455. The van der Waals surface area contributed by atoms with Crippen molar-refractivity contribution in [3.63, 3.8) is 0 Å². The van der Waals surface area contributed by atoms with E-state index in [0.29, 0.717) is 56.0 Å². The maximum Gasteiger partial charge on any atom is 0.270 e.